The quantitative estimate of drug-likeness (QED) is 0.450. The number of carbonyl (C=O) groups is 1. The van der Waals surface area contributed by atoms with Gasteiger partial charge in [-0.3, -0.25) is 14.5 Å². The molecule has 0 saturated carbocycles. The molecule has 0 bridgehead atoms. The third-order valence-electron chi connectivity index (χ3n) is 5.66. The third-order valence-corrected chi connectivity index (χ3v) is 6.73. The van der Waals surface area contributed by atoms with Crippen LogP contribution in [0.5, 0.6) is 0 Å². The number of carbonyl (C=O) groups excluding carboxylic acids is 1. The van der Waals surface area contributed by atoms with Gasteiger partial charge in [-0.25, -0.2) is 0 Å². The SMILES string of the molecule is CCc1nnc(N2C(=O)c3oc4ccccc4c(=O)c3C2c2ccc(C(C)C)cc2)s1. The molecule has 0 spiro atoms. The van der Waals surface area contributed by atoms with E-state index in [0.717, 1.165) is 17.0 Å². The van der Waals surface area contributed by atoms with Crippen LogP contribution in [0.3, 0.4) is 0 Å². The molecular formula is C24H21N3O3S. The summed E-state index contributed by atoms with van der Waals surface area (Å²) >= 11 is 1.36. The van der Waals surface area contributed by atoms with Crippen molar-refractivity contribution in [2.75, 3.05) is 4.90 Å². The molecule has 3 heterocycles. The van der Waals surface area contributed by atoms with Gasteiger partial charge in [0.05, 0.1) is 17.0 Å². The number of aromatic nitrogens is 2. The highest BCUT2D eigenvalue weighted by Crippen LogP contribution is 2.42. The van der Waals surface area contributed by atoms with E-state index in [1.807, 2.05) is 31.2 Å². The second-order valence-corrected chi connectivity index (χ2v) is 8.94. The normalized spacial score (nSPS) is 15.8. The first-order chi connectivity index (χ1) is 15.0. The Morgan fingerprint density at radius 3 is 2.48 bits per heavy atom. The van der Waals surface area contributed by atoms with E-state index in [1.54, 1.807) is 29.2 Å². The molecule has 4 aromatic rings. The van der Waals surface area contributed by atoms with E-state index in [0.29, 0.717) is 27.6 Å². The second-order valence-electron chi connectivity index (χ2n) is 7.90. The highest BCUT2D eigenvalue weighted by atomic mass is 32.1. The molecule has 0 radical (unpaired) electrons. The molecule has 1 aliphatic rings. The molecule has 1 aliphatic heterocycles. The molecule has 6 nitrogen and oxygen atoms in total. The maximum atomic E-state index is 13.5. The van der Waals surface area contributed by atoms with Gasteiger partial charge >= 0.3 is 0 Å². The van der Waals surface area contributed by atoms with Crippen molar-refractivity contribution in [3.63, 3.8) is 0 Å². The summed E-state index contributed by atoms with van der Waals surface area (Å²) in [7, 11) is 0. The van der Waals surface area contributed by atoms with E-state index in [-0.39, 0.29) is 17.1 Å². The summed E-state index contributed by atoms with van der Waals surface area (Å²) in [5.41, 5.74) is 2.60. The average molecular weight is 432 g/mol. The number of rotatable bonds is 4. The van der Waals surface area contributed by atoms with Gasteiger partial charge in [0.15, 0.2) is 5.43 Å². The predicted octanol–water partition coefficient (Wildman–Crippen LogP) is 5.08. The molecule has 1 unspecified atom stereocenters. The molecule has 31 heavy (non-hydrogen) atoms. The van der Waals surface area contributed by atoms with Crippen LogP contribution in [0.25, 0.3) is 11.0 Å². The Labute approximate surface area is 183 Å². The Bertz CT molecular complexity index is 1350. The largest absolute Gasteiger partial charge is 0.450 e. The lowest BCUT2D eigenvalue weighted by Gasteiger charge is -2.22. The van der Waals surface area contributed by atoms with Crippen LogP contribution in [0.2, 0.25) is 0 Å². The fourth-order valence-corrected chi connectivity index (χ4v) is 4.79. The summed E-state index contributed by atoms with van der Waals surface area (Å²) in [5, 5.41) is 10.2. The van der Waals surface area contributed by atoms with E-state index in [9.17, 15) is 9.59 Å². The third kappa shape index (κ3) is 3.08. The number of hydrogen-bond donors (Lipinski definition) is 0. The van der Waals surface area contributed by atoms with Crippen molar-refractivity contribution in [1.29, 1.82) is 0 Å². The zero-order valence-corrected chi connectivity index (χ0v) is 18.3. The number of anilines is 1. The van der Waals surface area contributed by atoms with Crippen LogP contribution in [0.1, 0.15) is 65.0 Å². The van der Waals surface area contributed by atoms with Crippen molar-refractivity contribution in [3.05, 3.63) is 86.2 Å². The van der Waals surface area contributed by atoms with Crippen LogP contribution >= 0.6 is 11.3 Å². The first kappa shape index (κ1) is 19.6. The number of aryl methyl sites for hydroxylation is 1. The number of para-hydroxylation sites is 1. The molecular weight excluding hydrogens is 410 g/mol. The Morgan fingerprint density at radius 1 is 1.06 bits per heavy atom. The molecule has 1 amide bonds. The van der Waals surface area contributed by atoms with Gasteiger partial charge in [-0.05, 0) is 35.6 Å². The van der Waals surface area contributed by atoms with Gasteiger partial charge in [-0.15, -0.1) is 10.2 Å². The van der Waals surface area contributed by atoms with E-state index in [2.05, 4.69) is 24.0 Å². The lowest BCUT2D eigenvalue weighted by Crippen LogP contribution is -2.29. The van der Waals surface area contributed by atoms with Crippen LogP contribution in [0.15, 0.2) is 57.7 Å². The monoisotopic (exact) mass is 431 g/mol. The molecule has 0 fully saturated rings. The van der Waals surface area contributed by atoms with Gasteiger partial charge in [0.1, 0.15) is 10.6 Å². The molecule has 5 rings (SSSR count). The van der Waals surface area contributed by atoms with Crippen molar-refractivity contribution >= 4 is 33.3 Å². The molecule has 1 atom stereocenters. The van der Waals surface area contributed by atoms with Gasteiger partial charge < -0.3 is 4.42 Å². The van der Waals surface area contributed by atoms with Crippen LogP contribution in [-0.4, -0.2) is 16.1 Å². The minimum absolute atomic E-state index is 0.0786. The zero-order valence-electron chi connectivity index (χ0n) is 17.5. The maximum absolute atomic E-state index is 13.5. The molecule has 7 heteroatoms. The summed E-state index contributed by atoms with van der Waals surface area (Å²) in [5.74, 6) is 0.0939. The highest BCUT2D eigenvalue weighted by molar-refractivity contribution is 7.15. The second kappa shape index (κ2) is 7.42. The van der Waals surface area contributed by atoms with Crippen molar-refractivity contribution in [2.45, 2.75) is 39.2 Å². The minimum atomic E-state index is -0.609. The number of benzene rings is 2. The van der Waals surface area contributed by atoms with Crippen LogP contribution in [0, 0.1) is 0 Å². The highest BCUT2D eigenvalue weighted by Gasteiger charge is 2.45. The van der Waals surface area contributed by atoms with Crippen molar-refractivity contribution in [2.24, 2.45) is 0 Å². The summed E-state index contributed by atoms with van der Waals surface area (Å²) in [6, 6.07) is 14.5. The Kier molecular flexibility index (Phi) is 4.70. The molecule has 156 valence electrons. The lowest BCUT2D eigenvalue weighted by atomic mass is 9.95. The first-order valence-corrected chi connectivity index (χ1v) is 11.1. The minimum Gasteiger partial charge on any atom is -0.450 e. The molecule has 0 aliphatic carbocycles. The summed E-state index contributed by atoms with van der Waals surface area (Å²) < 4.78 is 5.96. The number of amides is 1. The van der Waals surface area contributed by atoms with E-state index >= 15 is 0 Å². The summed E-state index contributed by atoms with van der Waals surface area (Å²) in [6.45, 7) is 6.25. The first-order valence-electron chi connectivity index (χ1n) is 10.3. The Hall–Kier alpha value is -3.32. The van der Waals surface area contributed by atoms with Crippen molar-refractivity contribution < 1.29 is 9.21 Å². The fraction of sp³-hybridized carbons (Fsp3) is 0.250. The smallest absolute Gasteiger partial charge is 0.297 e. The van der Waals surface area contributed by atoms with Crippen molar-refractivity contribution in [1.82, 2.24) is 10.2 Å². The van der Waals surface area contributed by atoms with Crippen LogP contribution in [-0.2, 0) is 6.42 Å². The fourth-order valence-electron chi connectivity index (χ4n) is 3.98. The van der Waals surface area contributed by atoms with E-state index in [4.69, 9.17) is 4.42 Å². The van der Waals surface area contributed by atoms with E-state index in [1.165, 1.54) is 16.9 Å². The van der Waals surface area contributed by atoms with Gasteiger partial charge in [0.2, 0.25) is 10.9 Å². The van der Waals surface area contributed by atoms with Crippen molar-refractivity contribution in [3.8, 4) is 0 Å². The Balaban J connectivity index is 1.76. The van der Waals surface area contributed by atoms with Gasteiger partial charge in [-0.1, -0.05) is 68.5 Å². The van der Waals surface area contributed by atoms with Gasteiger partial charge in [0.25, 0.3) is 5.91 Å². The average Bonchev–Trinajstić information content (AvgIpc) is 3.37. The molecule has 2 aromatic carbocycles. The molecule has 2 aromatic heterocycles. The number of fused-ring (bicyclic) bond motifs is 2. The topological polar surface area (TPSA) is 76.3 Å². The predicted molar refractivity (Wildman–Crippen MR) is 121 cm³/mol. The zero-order chi connectivity index (χ0) is 21.7. The molecule has 0 saturated heterocycles. The summed E-state index contributed by atoms with van der Waals surface area (Å²) in [4.78, 5) is 28.5. The summed E-state index contributed by atoms with van der Waals surface area (Å²) in [6.07, 6.45) is 0.724. The van der Waals surface area contributed by atoms with Gasteiger partial charge in [0, 0.05) is 0 Å². The standard InChI is InChI=1S/C24H21N3O3S/c1-4-18-25-26-24(31-18)27-20(15-11-9-14(10-12-15)13(2)3)19-21(28)16-7-5-6-8-17(16)30-22(19)23(27)29/h5-13,20H,4H2,1-3H3. The molecule has 0 N–H and O–H groups in total. The Morgan fingerprint density at radius 2 is 1.81 bits per heavy atom. The van der Waals surface area contributed by atoms with Gasteiger partial charge in [-0.2, -0.15) is 0 Å². The van der Waals surface area contributed by atoms with Crippen LogP contribution in [0.4, 0.5) is 5.13 Å². The van der Waals surface area contributed by atoms with Crippen LogP contribution < -0.4 is 10.3 Å². The lowest BCUT2D eigenvalue weighted by molar-refractivity contribution is 0.0970. The number of nitrogens with zero attached hydrogens (tertiary/aromatic N) is 3. The number of hydrogen-bond acceptors (Lipinski definition) is 6. The maximum Gasteiger partial charge on any atom is 0.297 e. The van der Waals surface area contributed by atoms with E-state index < -0.39 is 6.04 Å².